The Hall–Kier alpha value is -2.30. The third-order valence-corrected chi connectivity index (χ3v) is 4.32. The van der Waals surface area contributed by atoms with E-state index >= 15 is 0 Å². The van der Waals surface area contributed by atoms with Gasteiger partial charge in [-0.2, -0.15) is 0 Å². The second-order valence-electron chi connectivity index (χ2n) is 5.58. The van der Waals surface area contributed by atoms with Crippen molar-refractivity contribution in [3.8, 4) is 0 Å². The van der Waals surface area contributed by atoms with Gasteiger partial charge in [-0.15, -0.1) is 11.6 Å². The molecule has 0 N–H and O–H groups in total. The number of rotatable bonds is 5. The molecule has 4 nitrogen and oxygen atoms in total. The summed E-state index contributed by atoms with van der Waals surface area (Å²) in [6.07, 6.45) is 1.23. The Morgan fingerprint density at radius 1 is 1.08 bits per heavy atom. The van der Waals surface area contributed by atoms with Crippen LogP contribution in [-0.4, -0.2) is 22.3 Å². The van der Waals surface area contributed by atoms with E-state index in [1.807, 2.05) is 30.3 Å². The van der Waals surface area contributed by atoms with Crippen LogP contribution in [0.1, 0.15) is 11.1 Å². The predicted molar refractivity (Wildman–Crippen MR) is 98.4 cm³/mol. The van der Waals surface area contributed by atoms with Crippen molar-refractivity contribution in [1.29, 1.82) is 0 Å². The molecule has 2 aromatic carbocycles. The number of alkyl halides is 1. The zero-order chi connectivity index (χ0) is 17.8. The summed E-state index contributed by atoms with van der Waals surface area (Å²) in [7, 11) is 0. The number of ether oxygens (including phenoxy) is 1. The first kappa shape index (κ1) is 17.5. The molecule has 3 rings (SSSR count). The van der Waals surface area contributed by atoms with Gasteiger partial charge >= 0.3 is 6.09 Å². The number of carbonyl (C=O) groups is 2. The van der Waals surface area contributed by atoms with Gasteiger partial charge in [0.25, 0.3) is 0 Å². The molecule has 0 atom stereocenters. The van der Waals surface area contributed by atoms with Crippen LogP contribution < -0.4 is 0 Å². The normalized spacial score (nSPS) is 10.8. The minimum absolute atomic E-state index is 0.0777. The van der Waals surface area contributed by atoms with Gasteiger partial charge < -0.3 is 4.74 Å². The molecule has 0 amide bonds. The lowest BCUT2D eigenvalue weighted by atomic mass is 10.1. The first-order valence-electron chi connectivity index (χ1n) is 7.66. The van der Waals surface area contributed by atoms with E-state index in [1.165, 1.54) is 4.57 Å². The minimum atomic E-state index is -0.513. The molecule has 0 saturated carbocycles. The molecule has 128 valence electrons. The van der Waals surface area contributed by atoms with Crippen molar-refractivity contribution in [3.63, 3.8) is 0 Å². The van der Waals surface area contributed by atoms with Gasteiger partial charge in [0.2, 0.25) is 0 Å². The fourth-order valence-corrected chi connectivity index (χ4v) is 2.88. The van der Waals surface area contributed by atoms with Crippen molar-refractivity contribution in [2.24, 2.45) is 0 Å². The first-order chi connectivity index (χ1) is 12.1. The number of hydrogen-bond donors (Lipinski definition) is 0. The summed E-state index contributed by atoms with van der Waals surface area (Å²) < 4.78 is 6.77. The van der Waals surface area contributed by atoms with Crippen molar-refractivity contribution in [2.75, 3.05) is 5.88 Å². The highest BCUT2D eigenvalue weighted by atomic mass is 35.5. The van der Waals surface area contributed by atoms with Gasteiger partial charge in [0.05, 0.1) is 11.4 Å². The fraction of sp³-hybridized carbons (Fsp3) is 0.158. The molecule has 3 aromatic rings. The van der Waals surface area contributed by atoms with Gasteiger partial charge in [-0.25, -0.2) is 4.79 Å². The molecule has 0 bridgehead atoms. The third-order valence-electron chi connectivity index (χ3n) is 3.79. The van der Waals surface area contributed by atoms with Gasteiger partial charge in [0.1, 0.15) is 6.61 Å². The van der Waals surface area contributed by atoms with Crippen LogP contribution in [0.4, 0.5) is 4.79 Å². The first-order valence-corrected chi connectivity index (χ1v) is 8.58. The largest absolute Gasteiger partial charge is 0.444 e. The number of aromatic nitrogens is 1. The topological polar surface area (TPSA) is 48.3 Å². The maximum absolute atomic E-state index is 12.5. The van der Waals surface area contributed by atoms with Crippen LogP contribution in [-0.2, 0) is 22.6 Å². The van der Waals surface area contributed by atoms with Crippen LogP contribution in [0.25, 0.3) is 10.9 Å². The molecule has 6 heteroatoms. The average Bonchev–Trinajstić information content (AvgIpc) is 2.98. The fourth-order valence-electron chi connectivity index (χ4n) is 2.61. The lowest BCUT2D eigenvalue weighted by Gasteiger charge is -2.06. The summed E-state index contributed by atoms with van der Waals surface area (Å²) >= 11 is 11.7. The number of carbonyl (C=O) groups excluding carboxylic acids is 2. The highest BCUT2D eigenvalue weighted by Crippen LogP contribution is 2.26. The van der Waals surface area contributed by atoms with Gasteiger partial charge in [0.15, 0.2) is 5.78 Å². The summed E-state index contributed by atoms with van der Waals surface area (Å²) in [6, 6.07) is 14.6. The summed E-state index contributed by atoms with van der Waals surface area (Å²) in [5.41, 5.74) is 2.23. The molecule has 1 heterocycles. The SMILES string of the molecule is O=C(CCl)Cc1cn(C(=O)OCc2ccccc2)c2ccc(Cl)cc12. The molecular weight excluding hydrogens is 361 g/mol. The summed E-state index contributed by atoms with van der Waals surface area (Å²) in [5, 5.41) is 1.27. The monoisotopic (exact) mass is 375 g/mol. The number of halogens is 2. The van der Waals surface area contributed by atoms with Gasteiger partial charge in [-0.05, 0) is 29.3 Å². The average molecular weight is 376 g/mol. The second-order valence-corrected chi connectivity index (χ2v) is 6.28. The van der Waals surface area contributed by atoms with Crippen LogP contribution in [0.3, 0.4) is 0 Å². The summed E-state index contributed by atoms with van der Waals surface area (Å²) in [6.45, 7) is 0.170. The van der Waals surface area contributed by atoms with Crippen molar-refractivity contribution in [3.05, 3.63) is 70.9 Å². The van der Waals surface area contributed by atoms with Gasteiger partial charge in [0, 0.05) is 23.0 Å². The van der Waals surface area contributed by atoms with Gasteiger partial charge in [-0.1, -0.05) is 41.9 Å². The number of fused-ring (bicyclic) bond motifs is 1. The highest BCUT2D eigenvalue weighted by Gasteiger charge is 2.17. The van der Waals surface area contributed by atoms with E-state index < -0.39 is 6.09 Å². The molecule has 0 fully saturated rings. The number of nitrogens with zero attached hydrogens (tertiary/aromatic N) is 1. The van der Waals surface area contributed by atoms with Crippen molar-refractivity contribution in [2.45, 2.75) is 13.0 Å². The van der Waals surface area contributed by atoms with Crippen molar-refractivity contribution in [1.82, 2.24) is 4.57 Å². The smallest absolute Gasteiger partial charge is 0.418 e. The zero-order valence-electron chi connectivity index (χ0n) is 13.2. The zero-order valence-corrected chi connectivity index (χ0v) is 14.8. The van der Waals surface area contributed by atoms with E-state index in [0.717, 1.165) is 10.9 Å². The molecule has 0 aliphatic carbocycles. The van der Waals surface area contributed by atoms with Gasteiger partial charge in [-0.3, -0.25) is 9.36 Å². The Labute approximate surface area is 154 Å². The molecular formula is C19H15Cl2NO3. The number of benzene rings is 2. The minimum Gasteiger partial charge on any atom is -0.444 e. The van der Waals surface area contributed by atoms with E-state index in [0.29, 0.717) is 16.1 Å². The van der Waals surface area contributed by atoms with Crippen LogP contribution in [0.5, 0.6) is 0 Å². The molecule has 25 heavy (non-hydrogen) atoms. The van der Waals surface area contributed by atoms with Crippen molar-refractivity contribution < 1.29 is 14.3 Å². The van der Waals surface area contributed by atoms with Crippen molar-refractivity contribution >= 4 is 46.0 Å². The van der Waals surface area contributed by atoms with Crippen LogP contribution >= 0.6 is 23.2 Å². The highest BCUT2D eigenvalue weighted by molar-refractivity contribution is 6.31. The van der Waals surface area contributed by atoms with Crippen LogP contribution in [0, 0.1) is 0 Å². The van der Waals surface area contributed by atoms with Crippen LogP contribution in [0.2, 0.25) is 5.02 Å². The molecule has 0 aliphatic heterocycles. The second kappa shape index (κ2) is 7.72. The molecule has 0 spiro atoms. The van der Waals surface area contributed by atoms with E-state index in [2.05, 4.69) is 0 Å². The molecule has 0 saturated heterocycles. The Morgan fingerprint density at radius 2 is 1.84 bits per heavy atom. The molecule has 0 radical (unpaired) electrons. The lowest BCUT2D eigenvalue weighted by Crippen LogP contribution is -2.12. The van der Waals surface area contributed by atoms with E-state index in [-0.39, 0.29) is 24.7 Å². The quantitative estimate of drug-likeness (QED) is 0.600. The number of Topliss-reactive ketones (excluding diaryl/α,β-unsaturated/α-hetero) is 1. The van der Waals surface area contributed by atoms with Crippen LogP contribution in [0.15, 0.2) is 54.7 Å². The Morgan fingerprint density at radius 3 is 2.56 bits per heavy atom. The Kier molecular flexibility index (Phi) is 5.41. The number of hydrogen-bond acceptors (Lipinski definition) is 3. The maximum atomic E-state index is 12.5. The molecule has 0 unspecified atom stereocenters. The van der Waals surface area contributed by atoms with E-state index in [4.69, 9.17) is 27.9 Å². The Bertz CT molecular complexity index is 919. The third kappa shape index (κ3) is 4.03. The summed E-state index contributed by atoms with van der Waals surface area (Å²) in [5.74, 6) is -0.204. The maximum Gasteiger partial charge on any atom is 0.418 e. The Balaban J connectivity index is 1.89. The van der Waals surface area contributed by atoms with E-state index in [9.17, 15) is 9.59 Å². The molecule has 0 aliphatic rings. The molecule has 1 aromatic heterocycles. The predicted octanol–water partition coefficient (Wildman–Crippen LogP) is 4.83. The summed E-state index contributed by atoms with van der Waals surface area (Å²) in [4.78, 5) is 24.2. The standard InChI is InChI=1S/C19H15Cl2NO3/c20-10-16(23)8-14-11-22(18-7-6-15(21)9-17(14)18)19(24)25-12-13-4-2-1-3-5-13/h1-7,9,11H,8,10,12H2. The lowest BCUT2D eigenvalue weighted by molar-refractivity contribution is -0.116. The van der Waals surface area contributed by atoms with E-state index in [1.54, 1.807) is 24.4 Å². The number of ketones is 1.